The van der Waals surface area contributed by atoms with Crippen LogP contribution in [0.2, 0.25) is 0 Å². The van der Waals surface area contributed by atoms with Crippen LogP contribution in [0.3, 0.4) is 0 Å². The highest BCUT2D eigenvalue weighted by Crippen LogP contribution is 2.38. The van der Waals surface area contributed by atoms with Gasteiger partial charge >= 0.3 is 6.18 Å². The van der Waals surface area contributed by atoms with E-state index in [0.29, 0.717) is 23.0 Å². The van der Waals surface area contributed by atoms with E-state index in [1.165, 1.54) is 13.2 Å². The van der Waals surface area contributed by atoms with Crippen molar-refractivity contribution in [3.63, 3.8) is 0 Å². The number of ether oxygens (including phenoxy) is 2. The van der Waals surface area contributed by atoms with Gasteiger partial charge in [-0.25, -0.2) is 0 Å². The molecule has 1 aromatic heterocycles. The molecule has 0 radical (unpaired) electrons. The summed E-state index contributed by atoms with van der Waals surface area (Å²) in [6.07, 6.45) is -2.74. The SMILES string of the molecule is COCOc1c(C=O)cc(C(C)(C)C)cc1-c1ccc(C(F)(F)F)nc1. The molecule has 0 aliphatic heterocycles. The standard InChI is InChI=1S/C19H20F3NO3/c1-18(2,3)14-7-13(10-24)17(26-11-25-4)15(8-14)12-5-6-16(23-9-12)19(20,21)22/h5-10H,11H2,1-4H3. The lowest BCUT2D eigenvalue weighted by Crippen LogP contribution is -2.13. The van der Waals surface area contributed by atoms with E-state index in [1.54, 1.807) is 12.1 Å². The van der Waals surface area contributed by atoms with Crippen molar-refractivity contribution >= 4 is 6.29 Å². The molecule has 0 amide bonds. The average molecular weight is 367 g/mol. The minimum atomic E-state index is -4.52. The molecule has 7 heteroatoms. The van der Waals surface area contributed by atoms with Gasteiger partial charge in [0.15, 0.2) is 13.1 Å². The van der Waals surface area contributed by atoms with E-state index in [9.17, 15) is 18.0 Å². The molecule has 0 N–H and O–H groups in total. The van der Waals surface area contributed by atoms with Crippen molar-refractivity contribution in [2.24, 2.45) is 0 Å². The van der Waals surface area contributed by atoms with Crippen LogP contribution < -0.4 is 4.74 Å². The normalized spacial score (nSPS) is 12.1. The molecule has 0 saturated heterocycles. The van der Waals surface area contributed by atoms with Crippen molar-refractivity contribution in [1.82, 2.24) is 4.98 Å². The van der Waals surface area contributed by atoms with Crippen molar-refractivity contribution in [3.05, 3.63) is 47.3 Å². The van der Waals surface area contributed by atoms with Gasteiger partial charge in [-0.1, -0.05) is 26.8 Å². The van der Waals surface area contributed by atoms with E-state index in [4.69, 9.17) is 9.47 Å². The lowest BCUT2D eigenvalue weighted by molar-refractivity contribution is -0.141. The third kappa shape index (κ3) is 4.40. The molecule has 0 unspecified atom stereocenters. The fraction of sp³-hybridized carbons (Fsp3) is 0.368. The summed E-state index contributed by atoms with van der Waals surface area (Å²) in [5.41, 5.74) is 0.786. The van der Waals surface area contributed by atoms with E-state index in [-0.39, 0.29) is 18.0 Å². The van der Waals surface area contributed by atoms with Gasteiger partial charge in [0.1, 0.15) is 11.4 Å². The third-order valence-electron chi connectivity index (χ3n) is 3.80. The summed E-state index contributed by atoms with van der Waals surface area (Å²) in [6.45, 7) is 5.82. The summed E-state index contributed by atoms with van der Waals surface area (Å²) in [6, 6.07) is 5.72. The number of benzene rings is 1. The number of nitrogens with zero attached hydrogens (tertiary/aromatic N) is 1. The minimum absolute atomic E-state index is 0.100. The Kier molecular flexibility index (Phi) is 5.71. The van der Waals surface area contributed by atoms with Gasteiger partial charge in [-0.15, -0.1) is 0 Å². The smallest absolute Gasteiger partial charge is 0.433 e. The summed E-state index contributed by atoms with van der Waals surface area (Å²) in [7, 11) is 1.43. The highest BCUT2D eigenvalue weighted by molar-refractivity contribution is 5.87. The molecule has 0 fully saturated rings. The Labute approximate surface area is 150 Å². The first kappa shape index (κ1) is 19.9. The third-order valence-corrected chi connectivity index (χ3v) is 3.80. The average Bonchev–Trinajstić information content (AvgIpc) is 2.57. The van der Waals surface area contributed by atoms with Crippen LogP contribution in [-0.4, -0.2) is 25.2 Å². The Balaban J connectivity index is 2.65. The second-order valence-electron chi connectivity index (χ2n) is 6.79. The number of rotatable bonds is 5. The Morgan fingerprint density at radius 3 is 2.31 bits per heavy atom. The molecule has 0 saturated carbocycles. The van der Waals surface area contributed by atoms with Crippen molar-refractivity contribution in [2.75, 3.05) is 13.9 Å². The lowest BCUT2D eigenvalue weighted by Gasteiger charge is -2.23. The van der Waals surface area contributed by atoms with Gasteiger partial charge in [0.25, 0.3) is 0 Å². The molecular weight excluding hydrogens is 347 g/mol. The van der Waals surface area contributed by atoms with Gasteiger partial charge in [0.05, 0.1) is 5.56 Å². The van der Waals surface area contributed by atoms with Crippen LogP contribution in [0.4, 0.5) is 13.2 Å². The van der Waals surface area contributed by atoms with Crippen LogP contribution >= 0.6 is 0 Å². The van der Waals surface area contributed by atoms with Gasteiger partial charge in [0, 0.05) is 24.4 Å². The second-order valence-corrected chi connectivity index (χ2v) is 6.79. The van der Waals surface area contributed by atoms with E-state index in [1.807, 2.05) is 20.8 Å². The van der Waals surface area contributed by atoms with Crippen LogP contribution in [0, 0.1) is 0 Å². The number of halogens is 3. The monoisotopic (exact) mass is 367 g/mol. The van der Waals surface area contributed by atoms with Crippen LogP contribution in [0.25, 0.3) is 11.1 Å². The molecule has 2 rings (SSSR count). The number of hydrogen-bond donors (Lipinski definition) is 0. The zero-order chi connectivity index (χ0) is 19.5. The number of pyridine rings is 1. The molecule has 140 valence electrons. The van der Waals surface area contributed by atoms with Crippen LogP contribution in [0.5, 0.6) is 5.75 Å². The van der Waals surface area contributed by atoms with Gasteiger partial charge < -0.3 is 9.47 Å². The number of hydrogen-bond acceptors (Lipinski definition) is 4. The molecule has 0 aliphatic rings. The summed E-state index contributed by atoms with van der Waals surface area (Å²) in [4.78, 5) is 15.0. The molecule has 0 spiro atoms. The van der Waals surface area contributed by atoms with Crippen molar-refractivity contribution in [1.29, 1.82) is 0 Å². The van der Waals surface area contributed by atoms with E-state index < -0.39 is 11.9 Å². The fourth-order valence-electron chi connectivity index (χ4n) is 2.39. The maximum absolute atomic E-state index is 12.8. The summed E-state index contributed by atoms with van der Waals surface area (Å²) in [5, 5.41) is 0. The zero-order valence-corrected chi connectivity index (χ0v) is 15.0. The maximum Gasteiger partial charge on any atom is 0.433 e. The lowest BCUT2D eigenvalue weighted by atomic mass is 9.84. The summed E-state index contributed by atoms with van der Waals surface area (Å²) < 4.78 is 48.7. The first-order valence-electron chi connectivity index (χ1n) is 7.87. The first-order chi connectivity index (χ1) is 12.1. The van der Waals surface area contributed by atoms with Gasteiger partial charge in [-0.2, -0.15) is 13.2 Å². The topological polar surface area (TPSA) is 48.4 Å². The quantitative estimate of drug-likeness (QED) is 0.559. The van der Waals surface area contributed by atoms with E-state index in [2.05, 4.69) is 4.98 Å². The Bertz CT molecular complexity index is 778. The van der Waals surface area contributed by atoms with Crippen molar-refractivity contribution < 1.29 is 27.4 Å². The molecule has 26 heavy (non-hydrogen) atoms. The number of aldehydes is 1. The van der Waals surface area contributed by atoms with Gasteiger partial charge in [-0.3, -0.25) is 9.78 Å². The van der Waals surface area contributed by atoms with Crippen molar-refractivity contribution in [2.45, 2.75) is 32.4 Å². The zero-order valence-electron chi connectivity index (χ0n) is 15.0. The molecule has 0 aliphatic carbocycles. The molecule has 4 nitrogen and oxygen atoms in total. The largest absolute Gasteiger partial charge is 0.466 e. The summed E-state index contributed by atoms with van der Waals surface area (Å²) in [5.74, 6) is 0.247. The number of methoxy groups -OCH3 is 1. The van der Waals surface area contributed by atoms with Crippen LogP contribution in [0.15, 0.2) is 30.5 Å². The number of aromatic nitrogens is 1. The predicted octanol–water partition coefficient (Wildman–Crippen LogP) is 4.86. The highest BCUT2D eigenvalue weighted by atomic mass is 19.4. The molecule has 0 atom stereocenters. The maximum atomic E-state index is 12.8. The summed E-state index contributed by atoms with van der Waals surface area (Å²) >= 11 is 0. The van der Waals surface area contributed by atoms with E-state index >= 15 is 0 Å². The predicted molar refractivity (Wildman–Crippen MR) is 91.3 cm³/mol. The van der Waals surface area contributed by atoms with Crippen LogP contribution in [-0.2, 0) is 16.3 Å². The number of carbonyl (C=O) groups is 1. The Morgan fingerprint density at radius 1 is 1.15 bits per heavy atom. The fourth-order valence-corrected chi connectivity index (χ4v) is 2.39. The highest BCUT2D eigenvalue weighted by Gasteiger charge is 2.32. The molecule has 1 aromatic carbocycles. The number of carbonyl (C=O) groups excluding carboxylic acids is 1. The van der Waals surface area contributed by atoms with Crippen LogP contribution in [0.1, 0.15) is 42.4 Å². The van der Waals surface area contributed by atoms with E-state index in [0.717, 1.165) is 17.8 Å². The first-order valence-corrected chi connectivity index (χ1v) is 7.87. The molecule has 1 heterocycles. The minimum Gasteiger partial charge on any atom is -0.466 e. The van der Waals surface area contributed by atoms with Crippen molar-refractivity contribution in [3.8, 4) is 16.9 Å². The second kappa shape index (κ2) is 7.45. The molecule has 0 bridgehead atoms. The molecule has 2 aromatic rings. The Morgan fingerprint density at radius 2 is 1.85 bits per heavy atom. The van der Waals surface area contributed by atoms with Gasteiger partial charge in [0.2, 0.25) is 0 Å². The Hall–Kier alpha value is -2.41. The van der Waals surface area contributed by atoms with Gasteiger partial charge in [-0.05, 0) is 29.2 Å². The molecular formula is C19H20F3NO3. The number of alkyl halides is 3.